The molecule has 2 fully saturated rings. The molecule has 1 amide bonds. The maximum atomic E-state index is 13.1. The van der Waals surface area contributed by atoms with Crippen molar-refractivity contribution in [3.05, 3.63) is 30.1 Å². The molecule has 0 bridgehead atoms. The van der Waals surface area contributed by atoms with E-state index in [4.69, 9.17) is 5.73 Å². The van der Waals surface area contributed by atoms with Gasteiger partial charge in [0.15, 0.2) is 0 Å². The molecule has 0 spiro atoms. The molecule has 150 valence electrons. The van der Waals surface area contributed by atoms with Crippen LogP contribution < -0.4 is 10.6 Å². The molecule has 0 saturated carbocycles. The van der Waals surface area contributed by atoms with E-state index in [-0.39, 0.29) is 5.82 Å². The van der Waals surface area contributed by atoms with E-state index >= 15 is 0 Å². The van der Waals surface area contributed by atoms with Crippen molar-refractivity contribution in [2.45, 2.75) is 44.6 Å². The van der Waals surface area contributed by atoms with Crippen LogP contribution in [0.15, 0.2) is 24.3 Å². The van der Waals surface area contributed by atoms with Crippen molar-refractivity contribution in [2.75, 3.05) is 50.7 Å². The van der Waals surface area contributed by atoms with Gasteiger partial charge in [-0.05, 0) is 56.5 Å². The number of carbonyl (C=O) groups is 1. The molecule has 1 unspecified atom stereocenters. The molecule has 2 aliphatic heterocycles. The summed E-state index contributed by atoms with van der Waals surface area (Å²) in [5.74, 6) is 0.119. The number of nitrogens with two attached hydrogens (primary N) is 1. The normalized spacial score (nSPS) is 21.5. The van der Waals surface area contributed by atoms with Crippen molar-refractivity contribution < 1.29 is 9.18 Å². The Labute approximate surface area is 162 Å². The van der Waals surface area contributed by atoms with Gasteiger partial charge in [-0.2, -0.15) is 0 Å². The van der Waals surface area contributed by atoms with Gasteiger partial charge >= 0.3 is 0 Å². The number of rotatable bonds is 7. The summed E-state index contributed by atoms with van der Waals surface area (Å²) >= 11 is 0. The van der Waals surface area contributed by atoms with Gasteiger partial charge in [-0.15, -0.1) is 0 Å². The van der Waals surface area contributed by atoms with Crippen molar-refractivity contribution in [1.29, 1.82) is 0 Å². The number of unbranched alkanes of at least 4 members (excludes halogenated alkanes) is 2. The van der Waals surface area contributed by atoms with Crippen molar-refractivity contribution in [1.82, 2.24) is 9.80 Å². The Hall–Kier alpha value is -1.66. The zero-order valence-electron chi connectivity index (χ0n) is 16.3. The lowest BCUT2D eigenvalue weighted by Gasteiger charge is -2.44. The second-order valence-corrected chi connectivity index (χ2v) is 7.73. The number of amides is 1. The summed E-state index contributed by atoms with van der Waals surface area (Å²) in [6.45, 7) is 6.39. The Morgan fingerprint density at radius 3 is 2.48 bits per heavy atom. The largest absolute Gasteiger partial charge is 0.369 e. The minimum absolute atomic E-state index is 0.188. The maximum Gasteiger partial charge on any atom is 0.222 e. The molecule has 0 aromatic heterocycles. The molecule has 6 heteroatoms. The summed E-state index contributed by atoms with van der Waals surface area (Å²) in [6.07, 6.45) is 5.93. The average molecular weight is 377 g/mol. The topological polar surface area (TPSA) is 52.8 Å². The van der Waals surface area contributed by atoms with E-state index in [2.05, 4.69) is 14.7 Å². The first-order valence-electron chi connectivity index (χ1n) is 10.4. The predicted molar refractivity (Wildman–Crippen MR) is 107 cm³/mol. The zero-order valence-corrected chi connectivity index (χ0v) is 16.3. The van der Waals surface area contributed by atoms with Gasteiger partial charge in [0.2, 0.25) is 5.91 Å². The molecule has 5 nitrogen and oxygen atoms in total. The molecular formula is C21H33FN4O. The maximum absolute atomic E-state index is 13.1. The molecule has 2 aliphatic rings. The van der Waals surface area contributed by atoms with Crippen LogP contribution in [-0.2, 0) is 4.79 Å². The number of piperidine rings is 1. The second-order valence-electron chi connectivity index (χ2n) is 7.73. The van der Waals surface area contributed by atoms with Crippen LogP contribution in [0.1, 0.15) is 38.5 Å². The highest BCUT2D eigenvalue weighted by Crippen LogP contribution is 2.22. The van der Waals surface area contributed by atoms with Crippen LogP contribution in [0.3, 0.4) is 0 Å². The van der Waals surface area contributed by atoms with Crippen LogP contribution in [0.4, 0.5) is 10.1 Å². The number of benzene rings is 1. The molecule has 2 N–H and O–H groups in total. The number of nitrogens with zero attached hydrogens (tertiary/aromatic N) is 3. The molecule has 2 saturated heterocycles. The lowest BCUT2D eigenvalue weighted by Crippen LogP contribution is -2.55. The van der Waals surface area contributed by atoms with Crippen LogP contribution in [-0.4, -0.2) is 67.6 Å². The monoisotopic (exact) mass is 376 g/mol. The molecule has 1 aromatic rings. The van der Waals surface area contributed by atoms with E-state index in [9.17, 15) is 9.18 Å². The Balaban J connectivity index is 1.45. The van der Waals surface area contributed by atoms with Gasteiger partial charge in [0.1, 0.15) is 5.82 Å². The quantitative estimate of drug-likeness (QED) is 0.743. The van der Waals surface area contributed by atoms with Gasteiger partial charge in [0.25, 0.3) is 0 Å². The van der Waals surface area contributed by atoms with Crippen molar-refractivity contribution in [2.24, 2.45) is 5.73 Å². The summed E-state index contributed by atoms with van der Waals surface area (Å²) in [5, 5.41) is 0. The standard InChI is InChI=1S/C21H33FN4O/c22-18-7-9-19(10-8-18)24-13-15-25(16-14-24)20-5-4-12-26(17-20)21(27)6-2-1-3-11-23/h7-10,20H,1-6,11-17,23H2. The molecular weight excluding hydrogens is 343 g/mol. The number of halogens is 1. The minimum Gasteiger partial charge on any atom is -0.369 e. The second kappa shape index (κ2) is 10.0. The Bertz CT molecular complexity index is 586. The van der Waals surface area contributed by atoms with E-state index in [1.807, 2.05) is 12.1 Å². The molecule has 0 radical (unpaired) electrons. The number of carbonyl (C=O) groups excluding carboxylic acids is 1. The molecule has 27 heavy (non-hydrogen) atoms. The fourth-order valence-electron chi connectivity index (χ4n) is 4.23. The number of piperazine rings is 1. The van der Waals surface area contributed by atoms with E-state index < -0.39 is 0 Å². The molecule has 1 aromatic carbocycles. The summed E-state index contributed by atoms with van der Waals surface area (Å²) in [4.78, 5) is 19.4. The smallest absolute Gasteiger partial charge is 0.222 e. The third kappa shape index (κ3) is 5.66. The van der Waals surface area contributed by atoms with Crippen LogP contribution in [0.25, 0.3) is 0 Å². The van der Waals surface area contributed by atoms with Gasteiger partial charge in [-0.1, -0.05) is 6.42 Å². The molecule has 3 rings (SSSR count). The van der Waals surface area contributed by atoms with Crippen LogP contribution in [0, 0.1) is 5.82 Å². The molecule has 1 atom stereocenters. The number of hydrogen-bond acceptors (Lipinski definition) is 4. The summed E-state index contributed by atoms with van der Waals surface area (Å²) in [5.41, 5.74) is 6.61. The van der Waals surface area contributed by atoms with Crippen LogP contribution >= 0.6 is 0 Å². The van der Waals surface area contributed by atoms with Crippen molar-refractivity contribution >= 4 is 11.6 Å². The van der Waals surface area contributed by atoms with Gasteiger partial charge in [-0.3, -0.25) is 9.69 Å². The number of likely N-dealkylation sites (tertiary alicyclic amines) is 1. The lowest BCUT2D eigenvalue weighted by molar-refractivity contribution is -0.133. The third-order valence-corrected chi connectivity index (χ3v) is 5.87. The highest BCUT2D eigenvalue weighted by Gasteiger charge is 2.29. The van der Waals surface area contributed by atoms with Crippen LogP contribution in [0.5, 0.6) is 0 Å². The highest BCUT2D eigenvalue weighted by molar-refractivity contribution is 5.76. The fourth-order valence-corrected chi connectivity index (χ4v) is 4.23. The van der Waals surface area contributed by atoms with Gasteiger partial charge in [0.05, 0.1) is 0 Å². The van der Waals surface area contributed by atoms with Gasteiger partial charge in [-0.25, -0.2) is 4.39 Å². The molecule has 2 heterocycles. The Morgan fingerprint density at radius 2 is 1.78 bits per heavy atom. The first kappa shape index (κ1) is 20.1. The SMILES string of the molecule is NCCCCCC(=O)N1CCCC(N2CCN(c3ccc(F)cc3)CC2)C1. The Kier molecular flexibility index (Phi) is 7.47. The van der Waals surface area contributed by atoms with E-state index in [0.29, 0.717) is 24.9 Å². The third-order valence-electron chi connectivity index (χ3n) is 5.87. The lowest BCUT2D eigenvalue weighted by atomic mass is 10.0. The van der Waals surface area contributed by atoms with Crippen LogP contribution in [0.2, 0.25) is 0 Å². The number of hydrogen-bond donors (Lipinski definition) is 1. The van der Waals surface area contributed by atoms with E-state index in [1.165, 1.54) is 18.6 Å². The minimum atomic E-state index is -0.188. The summed E-state index contributed by atoms with van der Waals surface area (Å²) in [6, 6.07) is 7.25. The zero-order chi connectivity index (χ0) is 19.1. The Morgan fingerprint density at radius 1 is 1.04 bits per heavy atom. The van der Waals surface area contributed by atoms with Gasteiger partial charge in [0, 0.05) is 57.4 Å². The van der Waals surface area contributed by atoms with Crippen molar-refractivity contribution in [3.63, 3.8) is 0 Å². The van der Waals surface area contributed by atoms with Crippen molar-refractivity contribution in [3.8, 4) is 0 Å². The fraction of sp³-hybridized carbons (Fsp3) is 0.667. The highest BCUT2D eigenvalue weighted by atomic mass is 19.1. The first-order chi connectivity index (χ1) is 13.2. The van der Waals surface area contributed by atoms with E-state index in [0.717, 1.165) is 70.6 Å². The van der Waals surface area contributed by atoms with Gasteiger partial charge < -0.3 is 15.5 Å². The number of anilines is 1. The first-order valence-corrected chi connectivity index (χ1v) is 10.4. The summed E-state index contributed by atoms with van der Waals surface area (Å²) in [7, 11) is 0. The summed E-state index contributed by atoms with van der Waals surface area (Å²) < 4.78 is 13.1. The van der Waals surface area contributed by atoms with E-state index in [1.54, 1.807) is 0 Å². The average Bonchev–Trinajstić information content (AvgIpc) is 2.72. The molecule has 0 aliphatic carbocycles. The predicted octanol–water partition coefficient (Wildman–Crippen LogP) is 2.46.